The number of ether oxygens (including phenoxy) is 1. The lowest BCUT2D eigenvalue weighted by atomic mass is 10.0. The molecule has 1 fully saturated rings. The van der Waals surface area contributed by atoms with Crippen molar-refractivity contribution < 1.29 is 4.74 Å². The molecule has 0 atom stereocenters. The van der Waals surface area contributed by atoms with Gasteiger partial charge in [-0.25, -0.2) is 9.97 Å². The summed E-state index contributed by atoms with van der Waals surface area (Å²) in [6.45, 7) is 12.5. The SMILES string of the molecule is Cc1ccc(C(C)C)cc1OCc1c(C)nc(Cl)nc1N1CCNCC1. The van der Waals surface area contributed by atoms with Gasteiger partial charge in [-0.1, -0.05) is 26.0 Å². The van der Waals surface area contributed by atoms with Crippen molar-refractivity contribution in [1.29, 1.82) is 0 Å². The first kappa shape index (κ1) is 18.9. The molecule has 0 unspecified atom stereocenters. The molecular weight excluding hydrogens is 348 g/mol. The molecule has 0 spiro atoms. The lowest BCUT2D eigenvalue weighted by Crippen LogP contribution is -2.44. The lowest BCUT2D eigenvalue weighted by molar-refractivity contribution is 0.301. The molecule has 26 heavy (non-hydrogen) atoms. The second-order valence-corrected chi connectivity index (χ2v) is 7.42. The number of halogens is 1. The summed E-state index contributed by atoms with van der Waals surface area (Å²) in [4.78, 5) is 11.1. The van der Waals surface area contributed by atoms with Gasteiger partial charge in [-0.3, -0.25) is 0 Å². The van der Waals surface area contributed by atoms with E-state index in [0.29, 0.717) is 12.5 Å². The minimum absolute atomic E-state index is 0.290. The molecule has 1 aromatic heterocycles. The molecule has 1 aromatic carbocycles. The molecule has 1 aliphatic heterocycles. The van der Waals surface area contributed by atoms with Gasteiger partial charge in [-0.05, 0) is 48.6 Å². The van der Waals surface area contributed by atoms with Crippen molar-refractivity contribution in [2.45, 2.75) is 40.2 Å². The molecule has 6 heteroatoms. The second kappa shape index (κ2) is 8.23. The Labute approximate surface area is 160 Å². The van der Waals surface area contributed by atoms with Gasteiger partial charge in [0.25, 0.3) is 0 Å². The Bertz CT molecular complexity index is 773. The van der Waals surface area contributed by atoms with Gasteiger partial charge in [0.05, 0.1) is 11.3 Å². The first-order valence-electron chi connectivity index (χ1n) is 9.17. The molecule has 1 saturated heterocycles. The van der Waals surface area contributed by atoms with Crippen LogP contribution in [0.2, 0.25) is 5.28 Å². The summed E-state index contributed by atoms with van der Waals surface area (Å²) in [5.74, 6) is 2.27. The summed E-state index contributed by atoms with van der Waals surface area (Å²) in [6, 6.07) is 6.42. The summed E-state index contributed by atoms with van der Waals surface area (Å²) >= 11 is 6.13. The van der Waals surface area contributed by atoms with Crippen molar-refractivity contribution in [1.82, 2.24) is 15.3 Å². The number of rotatable bonds is 5. The molecule has 1 N–H and O–H groups in total. The summed E-state index contributed by atoms with van der Waals surface area (Å²) in [7, 11) is 0. The summed E-state index contributed by atoms with van der Waals surface area (Å²) in [5, 5.41) is 3.66. The van der Waals surface area contributed by atoms with Crippen LogP contribution in [0.25, 0.3) is 0 Å². The highest BCUT2D eigenvalue weighted by molar-refractivity contribution is 6.28. The van der Waals surface area contributed by atoms with Gasteiger partial charge in [0, 0.05) is 26.2 Å². The molecule has 2 heterocycles. The van der Waals surface area contributed by atoms with Crippen molar-refractivity contribution in [3.05, 3.63) is 45.9 Å². The van der Waals surface area contributed by atoms with Crippen LogP contribution in [0.3, 0.4) is 0 Å². The zero-order valence-corrected chi connectivity index (χ0v) is 16.7. The number of aromatic nitrogens is 2. The number of hydrogen-bond donors (Lipinski definition) is 1. The molecule has 3 rings (SSSR count). The van der Waals surface area contributed by atoms with Gasteiger partial charge in [0.1, 0.15) is 18.2 Å². The van der Waals surface area contributed by atoms with Crippen molar-refractivity contribution in [2.24, 2.45) is 0 Å². The highest BCUT2D eigenvalue weighted by Gasteiger charge is 2.20. The predicted molar refractivity (Wildman–Crippen MR) is 106 cm³/mol. The van der Waals surface area contributed by atoms with Gasteiger partial charge in [-0.15, -0.1) is 0 Å². The van der Waals surface area contributed by atoms with Crippen molar-refractivity contribution in [3.8, 4) is 5.75 Å². The number of hydrogen-bond acceptors (Lipinski definition) is 5. The molecule has 0 bridgehead atoms. The molecule has 0 radical (unpaired) electrons. The maximum absolute atomic E-state index is 6.20. The normalized spacial score (nSPS) is 14.8. The summed E-state index contributed by atoms with van der Waals surface area (Å²) in [5.41, 5.74) is 4.28. The monoisotopic (exact) mass is 374 g/mol. The fraction of sp³-hybridized carbons (Fsp3) is 0.500. The predicted octanol–water partition coefficient (Wildman–Crippen LogP) is 3.86. The van der Waals surface area contributed by atoms with Crippen LogP contribution in [0.1, 0.15) is 42.1 Å². The number of nitrogens with one attached hydrogen (secondary N) is 1. The summed E-state index contributed by atoms with van der Waals surface area (Å²) < 4.78 is 6.20. The molecule has 0 saturated carbocycles. The van der Waals surface area contributed by atoms with Gasteiger partial charge in [0.2, 0.25) is 5.28 Å². The van der Waals surface area contributed by atoms with Gasteiger partial charge < -0.3 is 15.0 Å². The zero-order valence-electron chi connectivity index (χ0n) is 16.0. The quantitative estimate of drug-likeness (QED) is 0.805. The zero-order chi connectivity index (χ0) is 18.7. The van der Waals surface area contributed by atoms with E-state index in [1.165, 1.54) is 5.56 Å². The lowest BCUT2D eigenvalue weighted by Gasteiger charge is -2.30. The van der Waals surface area contributed by atoms with Crippen molar-refractivity contribution >= 4 is 17.4 Å². The van der Waals surface area contributed by atoms with E-state index in [9.17, 15) is 0 Å². The van der Waals surface area contributed by atoms with Crippen LogP contribution in [0.15, 0.2) is 18.2 Å². The van der Waals surface area contributed by atoms with Crippen LogP contribution in [0, 0.1) is 13.8 Å². The highest BCUT2D eigenvalue weighted by Crippen LogP contribution is 2.28. The van der Waals surface area contributed by atoms with Crippen LogP contribution < -0.4 is 15.0 Å². The molecule has 2 aromatic rings. The fourth-order valence-corrected chi connectivity index (χ4v) is 3.34. The average Bonchev–Trinajstić information content (AvgIpc) is 2.62. The van der Waals surface area contributed by atoms with Gasteiger partial charge in [-0.2, -0.15) is 0 Å². The molecule has 0 amide bonds. The first-order chi connectivity index (χ1) is 12.5. The fourth-order valence-electron chi connectivity index (χ4n) is 3.14. The molecule has 0 aliphatic carbocycles. The van der Waals surface area contributed by atoms with Gasteiger partial charge in [0.15, 0.2) is 0 Å². The molecule has 1 aliphatic rings. The Hall–Kier alpha value is -1.85. The minimum Gasteiger partial charge on any atom is -0.488 e. The van der Waals surface area contributed by atoms with E-state index in [0.717, 1.165) is 54.6 Å². The number of nitrogens with zero attached hydrogens (tertiary/aromatic N) is 3. The Morgan fingerprint density at radius 1 is 1.19 bits per heavy atom. The van der Waals surface area contributed by atoms with Crippen LogP contribution in [-0.4, -0.2) is 36.1 Å². The van der Waals surface area contributed by atoms with Crippen LogP contribution in [0.4, 0.5) is 5.82 Å². The minimum atomic E-state index is 0.290. The Kier molecular flexibility index (Phi) is 5.99. The third-order valence-corrected chi connectivity index (χ3v) is 5.00. The van der Waals surface area contributed by atoms with E-state index < -0.39 is 0 Å². The number of benzene rings is 1. The van der Waals surface area contributed by atoms with E-state index in [1.54, 1.807) is 0 Å². The Morgan fingerprint density at radius 2 is 1.92 bits per heavy atom. The van der Waals surface area contributed by atoms with Gasteiger partial charge >= 0.3 is 0 Å². The van der Waals surface area contributed by atoms with E-state index in [2.05, 4.69) is 59.2 Å². The maximum Gasteiger partial charge on any atom is 0.224 e. The third kappa shape index (κ3) is 4.27. The number of anilines is 1. The maximum atomic E-state index is 6.20. The van der Waals surface area contributed by atoms with E-state index in [4.69, 9.17) is 16.3 Å². The smallest absolute Gasteiger partial charge is 0.224 e. The first-order valence-corrected chi connectivity index (χ1v) is 9.55. The Morgan fingerprint density at radius 3 is 2.62 bits per heavy atom. The van der Waals surface area contributed by atoms with Crippen LogP contribution in [0.5, 0.6) is 5.75 Å². The number of aryl methyl sites for hydroxylation is 2. The summed E-state index contributed by atoms with van der Waals surface area (Å²) in [6.07, 6.45) is 0. The molecule has 140 valence electrons. The Balaban J connectivity index is 1.87. The van der Waals surface area contributed by atoms with Crippen molar-refractivity contribution in [2.75, 3.05) is 31.1 Å². The number of piperazine rings is 1. The van der Waals surface area contributed by atoms with Crippen LogP contribution in [-0.2, 0) is 6.61 Å². The largest absolute Gasteiger partial charge is 0.488 e. The third-order valence-electron chi connectivity index (χ3n) is 4.83. The van der Waals surface area contributed by atoms with Crippen molar-refractivity contribution in [3.63, 3.8) is 0 Å². The van der Waals surface area contributed by atoms with E-state index in [1.807, 2.05) is 6.92 Å². The second-order valence-electron chi connectivity index (χ2n) is 7.09. The van der Waals surface area contributed by atoms with Crippen LogP contribution >= 0.6 is 11.6 Å². The molecular formula is C20H27ClN4O. The highest BCUT2D eigenvalue weighted by atomic mass is 35.5. The average molecular weight is 375 g/mol. The standard InChI is InChI=1S/C20H27ClN4O/c1-13(2)16-6-5-14(3)18(11-16)26-12-17-15(4)23-20(21)24-19(17)25-9-7-22-8-10-25/h5-6,11,13,22H,7-10,12H2,1-4H3. The van der Waals surface area contributed by atoms with E-state index >= 15 is 0 Å². The molecule has 5 nitrogen and oxygen atoms in total. The topological polar surface area (TPSA) is 50.3 Å². The van der Waals surface area contributed by atoms with E-state index in [-0.39, 0.29) is 5.28 Å².